The van der Waals surface area contributed by atoms with Crippen LogP contribution in [0.3, 0.4) is 0 Å². The second-order valence-corrected chi connectivity index (χ2v) is 6.96. The van der Waals surface area contributed by atoms with Crippen molar-refractivity contribution in [3.63, 3.8) is 0 Å². The summed E-state index contributed by atoms with van der Waals surface area (Å²) in [6.45, 7) is 1.58. The van der Waals surface area contributed by atoms with Crippen LogP contribution in [0.5, 0.6) is 0 Å². The van der Waals surface area contributed by atoms with Gasteiger partial charge in [-0.25, -0.2) is 9.13 Å². The Morgan fingerprint density at radius 3 is 2.21 bits per heavy atom. The van der Waals surface area contributed by atoms with E-state index in [0.717, 1.165) is 13.0 Å². The standard InChI is InChI=1S/C22H22N4O2/c1-23-17-8-9-18(24-10-5-11-26-13-12-25(2)14-26)20-19(17)21(27)15-6-3-4-7-16(15)22(20)28/h3-4,6-9,12-14H,5,10-11H2,1-2H3,(H-,23,24,27,28)/p+1. The molecule has 6 heteroatoms. The quantitative estimate of drug-likeness (QED) is 0.402. The first-order chi connectivity index (χ1) is 13.6. The van der Waals surface area contributed by atoms with Crippen molar-refractivity contribution < 1.29 is 14.2 Å². The molecule has 0 atom stereocenters. The van der Waals surface area contributed by atoms with Gasteiger partial charge in [0.2, 0.25) is 6.33 Å². The number of aryl methyl sites for hydroxylation is 2. The van der Waals surface area contributed by atoms with Gasteiger partial charge in [0.05, 0.1) is 24.7 Å². The van der Waals surface area contributed by atoms with Gasteiger partial charge in [-0.3, -0.25) is 9.59 Å². The average molecular weight is 375 g/mol. The van der Waals surface area contributed by atoms with E-state index in [1.807, 2.05) is 42.5 Å². The summed E-state index contributed by atoms with van der Waals surface area (Å²) in [5.74, 6) is -0.222. The number of hydrogen-bond donors (Lipinski definition) is 2. The molecule has 0 fully saturated rings. The molecule has 0 saturated heterocycles. The number of anilines is 2. The van der Waals surface area contributed by atoms with Gasteiger partial charge in [0.1, 0.15) is 12.4 Å². The molecule has 0 unspecified atom stereocenters. The van der Waals surface area contributed by atoms with Gasteiger partial charge in [-0.05, 0) is 12.1 Å². The number of benzene rings is 2. The van der Waals surface area contributed by atoms with Crippen LogP contribution < -0.4 is 15.2 Å². The van der Waals surface area contributed by atoms with Crippen LogP contribution in [0.15, 0.2) is 55.1 Å². The van der Waals surface area contributed by atoms with Crippen LogP contribution >= 0.6 is 0 Å². The lowest BCUT2D eigenvalue weighted by Crippen LogP contribution is -2.24. The van der Waals surface area contributed by atoms with Crippen LogP contribution in [0.25, 0.3) is 0 Å². The van der Waals surface area contributed by atoms with Crippen molar-refractivity contribution in [2.75, 3.05) is 24.2 Å². The van der Waals surface area contributed by atoms with Gasteiger partial charge >= 0.3 is 0 Å². The maximum Gasteiger partial charge on any atom is 0.243 e. The molecule has 3 aromatic rings. The van der Waals surface area contributed by atoms with Crippen LogP contribution in [-0.4, -0.2) is 29.7 Å². The zero-order valence-electron chi connectivity index (χ0n) is 16.0. The van der Waals surface area contributed by atoms with Gasteiger partial charge in [-0.15, -0.1) is 0 Å². The molecule has 1 aliphatic rings. The second-order valence-electron chi connectivity index (χ2n) is 6.96. The number of nitrogens with one attached hydrogen (secondary N) is 2. The summed E-state index contributed by atoms with van der Waals surface area (Å²) in [5.41, 5.74) is 3.23. The zero-order valence-corrected chi connectivity index (χ0v) is 16.0. The SMILES string of the molecule is CNc1ccc(NCCCn2cc[n+](C)c2)c2c1C(=O)c1ccccc1C2=O. The van der Waals surface area contributed by atoms with Gasteiger partial charge in [0, 0.05) is 42.5 Å². The molecule has 0 saturated carbocycles. The molecule has 1 aliphatic carbocycles. The van der Waals surface area contributed by atoms with Crippen LogP contribution in [-0.2, 0) is 13.6 Å². The molecule has 0 amide bonds. The highest BCUT2D eigenvalue weighted by molar-refractivity contribution is 6.31. The Bertz CT molecular complexity index is 1070. The van der Waals surface area contributed by atoms with E-state index in [1.165, 1.54) is 0 Å². The van der Waals surface area contributed by atoms with Crippen molar-refractivity contribution in [3.8, 4) is 0 Å². The van der Waals surface area contributed by atoms with E-state index < -0.39 is 0 Å². The summed E-state index contributed by atoms with van der Waals surface area (Å²) >= 11 is 0. The van der Waals surface area contributed by atoms with E-state index >= 15 is 0 Å². The number of carbonyl (C=O) groups excluding carboxylic acids is 2. The molecule has 6 nitrogen and oxygen atoms in total. The van der Waals surface area contributed by atoms with Gasteiger partial charge in [0.15, 0.2) is 11.6 Å². The maximum absolute atomic E-state index is 13.2. The van der Waals surface area contributed by atoms with E-state index in [1.54, 1.807) is 31.3 Å². The van der Waals surface area contributed by atoms with Gasteiger partial charge in [-0.1, -0.05) is 24.3 Å². The molecule has 142 valence electrons. The van der Waals surface area contributed by atoms with Crippen LogP contribution in [0.4, 0.5) is 11.4 Å². The second kappa shape index (κ2) is 7.31. The topological polar surface area (TPSA) is 67.0 Å². The Labute approximate surface area is 163 Å². The predicted molar refractivity (Wildman–Crippen MR) is 108 cm³/mol. The summed E-state index contributed by atoms with van der Waals surface area (Å²) in [6.07, 6.45) is 6.96. The number of imidazole rings is 1. The monoisotopic (exact) mass is 375 g/mol. The van der Waals surface area contributed by atoms with E-state index in [-0.39, 0.29) is 11.6 Å². The summed E-state index contributed by atoms with van der Waals surface area (Å²) in [5, 5.41) is 6.41. The number of rotatable bonds is 6. The lowest BCUT2D eigenvalue weighted by molar-refractivity contribution is -0.671. The lowest BCUT2D eigenvalue weighted by Gasteiger charge is -2.23. The normalized spacial score (nSPS) is 12.5. The Morgan fingerprint density at radius 1 is 0.964 bits per heavy atom. The van der Waals surface area contributed by atoms with Gasteiger partial charge in [-0.2, -0.15) is 0 Å². The molecule has 0 bridgehead atoms. The van der Waals surface area contributed by atoms with Crippen molar-refractivity contribution in [2.24, 2.45) is 7.05 Å². The van der Waals surface area contributed by atoms with E-state index in [4.69, 9.17) is 0 Å². The maximum atomic E-state index is 13.2. The molecular formula is C22H23N4O2+. The molecule has 0 radical (unpaired) electrons. The highest BCUT2D eigenvalue weighted by Crippen LogP contribution is 2.36. The largest absolute Gasteiger partial charge is 0.388 e. The predicted octanol–water partition coefficient (Wildman–Crippen LogP) is 2.63. The summed E-state index contributed by atoms with van der Waals surface area (Å²) in [7, 11) is 3.75. The van der Waals surface area contributed by atoms with Crippen molar-refractivity contribution in [3.05, 3.63) is 77.4 Å². The molecule has 4 rings (SSSR count). The molecule has 0 aliphatic heterocycles. The number of aromatic nitrogens is 2. The third-order valence-corrected chi connectivity index (χ3v) is 5.08. The van der Waals surface area contributed by atoms with Crippen molar-refractivity contribution in [1.82, 2.24) is 4.57 Å². The number of fused-ring (bicyclic) bond motifs is 2. The van der Waals surface area contributed by atoms with E-state index in [9.17, 15) is 9.59 Å². The lowest BCUT2D eigenvalue weighted by atomic mass is 9.82. The zero-order chi connectivity index (χ0) is 19.7. The van der Waals surface area contributed by atoms with Crippen LogP contribution in [0.2, 0.25) is 0 Å². The number of ketones is 2. The summed E-state index contributed by atoms with van der Waals surface area (Å²) < 4.78 is 4.12. The Kier molecular flexibility index (Phi) is 4.69. The molecular weight excluding hydrogens is 352 g/mol. The minimum atomic E-state index is -0.113. The average Bonchev–Trinajstić information content (AvgIpc) is 3.14. The third kappa shape index (κ3) is 3.07. The fraction of sp³-hybridized carbons (Fsp3) is 0.227. The first-order valence-corrected chi connectivity index (χ1v) is 9.38. The Hall–Kier alpha value is -3.41. The van der Waals surface area contributed by atoms with E-state index in [2.05, 4.69) is 15.2 Å². The highest BCUT2D eigenvalue weighted by atomic mass is 16.1. The minimum Gasteiger partial charge on any atom is -0.388 e. The van der Waals surface area contributed by atoms with Gasteiger partial charge < -0.3 is 10.6 Å². The van der Waals surface area contributed by atoms with E-state index in [0.29, 0.717) is 40.2 Å². The molecule has 2 aromatic carbocycles. The number of carbonyl (C=O) groups is 2. The van der Waals surface area contributed by atoms with Crippen molar-refractivity contribution in [1.29, 1.82) is 0 Å². The summed E-state index contributed by atoms with van der Waals surface area (Å²) in [4.78, 5) is 26.2. The molecule has 2 N–H and O–H groups in total. The highest BCUT2D eigenvalue weighted by Gasteiger charge is 2.33. The minimum absolute atomic E-state index is 0.109. The van der Waals surface area contributed by atoms with Crippen molar-refractivity contribution >= 4 is 22.9 Å². The Balaban J connectivity index is 1.61. The molecule has 1 aromatic heterocycles. The smallest absolute Gasteiger partial charge is 0.243 e. The summed E-state index contributed by atoms with van der Waals surface area (Å²) in [6, 6.07) is 10.7. The first kappa shape index (κ1) is 18.0. The Morgan fingerprint density at radius 2 is 1.61 bits per heavy atom. The molecule has 28 heavy (non-hydrogen) atoms. The van der Waals surface area contributed by atoms with Crippen LogP contribution in [0.1, 0.15) is 38.3 Å². The number of hydrogen-bond acceptors (Lipinski definition) is 4. The fourth-order valence-electron chi connectivity index (χ4n) is 3.70. The fourth-order valence-corrected chi connectivity index (χ4v) is 3.70. The molecule has 1 heterocycles. The number of nitrogens with zero attached hydrogens (tertiary/aromatic N) is 2. The third-order valence-electron chi connectivity index (χ3n) is 5.08. The van der Waals surface area contributed by atoms with Crippen LogP contribution in [0, 0.1) is 0 Å². The first-order valence-electron chi connectivity index (χ1n) is 9.38. The van der Waals surface area contributed by atoms with Crippen molar-refractivity contribution in [2.45, 2.75) is 13.0 Å². The molecule has 0 spiro atoms. The van der Waals surface area contributed by atoms with Gasteiger partial charge in [0.25, 0.3) is 0 Å².